The van der Waals surface area contributed by atoms with Crippen LogP contribution in [-0.2, 0) is 23.0 Å². The molecule has 2 aromatic rings. The molecule has 1 N–H and O–H groups in total. The van der Waals surface area contributed by atoms with Crippen molar-refractivity contribution >= 4 is 27.3 Å². The molecular weight excluding hydrogens is 322 g/mol. The van der Waals surface area contributed by atoms with E-state index in [9.17, 15) is 13.2 Å². The van der Waals surface area contributed by atoms with Gasteiger partial charge in [-0.1, -0.05) is 0 Å². The normalized spacial score (nSPS) is 15.5. The highest BCUT2D eigenvalue weighted by atomic mass is 32.2. The number of rotatable bonds is 3. The van der Waals surface area contributed by atoms with Crippen LogP contribution in [0.5, 0.6) is 0 Å². The zero-order valence-corrected chi connectivity index (χ0v) is 13.6. The quantitative estimate of drug-likeness (QED) is 0.934. The van der Waals surface area contributed by atoms with Gasteiger partial charge in [0.2, 0.25) is 10.0 Å². The molecule has 1 aromatic heterocycles. The Kier molecular flexibility index (Phi) is 3.80. The Morgan fingerprint density at radius 2 is 2.09 bits per heavy atom. The third-order valence-electron chi connectivity index (χ3n) is 3.83. The molecule has 5 nitrogen and oxygen atoms in total. The van der Waals surface area contributed by atoms with Crippen molar-refractivity contribution in [3.8, 4) is 0 Å². The van der Waals surface area contributed by atoms with E-state index in [4.69, 9.17) is 5.11 Å². The fourth-order valence-corrected chi connectivity index (χ4v) is 5.27. The Labute approximate surface area is 132 Å². The largest absolute Gasteiger partial charge is 0.478 e. The van der Waals surface area contributed by atoms with Crippen molar-refractivity contribution in [1.82, 2.24) is 4.31 Å². The van der Waals surface area contributed by atoms with Gasteiger partial charge in [0.1, 0.15) is 0 Å². The molecule has 1 aliphatic rings. The van der Waals surface area contributed by atoms with Gasteiger partial charge in [-0.15, -0.1) is 11.3 Å². The smallest absolute Gasteiger partial charge is 0.335 e. The first-order chi connectivity index (χ1) is 10.4. The third kappa shape index (κ3) is 2.55. The lowest BCUT2D eigenvalue weighted by atomic mass is 10.1. The summed E-state index contributed by atoms with van der Waals surface area (Å²) in [5.41, 5.74) is 1.77. The summed E-state index contributed by atoms with van der Waals surface area (Å²) >= 11 is 1.57. The predicted octanol–water partition coefficient (Wildman–Crippen LogP) is 2.50. The van der Waals surface area contributed by atoms with Gasteiger partial charge >= 0.3 is 5.97 Å². The molecule has 0 spiro atoms. The van der Waals surface area contributed by atoms with Crippen LogP contribution in [0.4, 0.5) is 0 Å². The van der Waals surface area contributed by atoms with E-state index in [1.54, 1.807) is 18.3 Å². The molecule has 0 atom stereocenters. The van der Waals surface area contributed by atoms with Crippen LogP contribution in [0.25, 0.3) is 0 Å². The second kappa shape index (κ2) is 5.49. The number of aryl methyl sites for hydroxylation is 1. The Morgan fingerprint density at radius 3 is 2.77 bits per heavy atom. The standard InChI is InChI=1S/C15H15NO4S2/c1-10-8-12(15(17)18)2-3-14(10)22(19,20)16-6-4-11-5-7-21-13(11)9-16/h2-3,5,7-8H,4,6,9H2,1H3,(H,17,18). The number of benzene rings is 1. The average Bonchev–Trinajstić information content (AvgIpc) is 2.94. The van der Waals surface area contributed by atoms with E-state index in [1.165, 1.54) is 28.1 Å². The Bertz CT molecular complexity index is 839. The van der Waals surface area contributed by atoms with Gasteiger partial charge in [-0.05, 0) is 54.1 Å². The van der Waals surface area contributed by atoms with Crippen LogP contribution in [0.15, 0.2) is 34.5 Å². The maximum atomic E-state index is 12.8. The van der Waals surface area contributed by atoms with Crippen molar-refractivity contribution in [3.05, 3.63) is 51.2 Å². The number of fused-ring (bicyclic) bond motifs is 1. The van der Waals surface area contributed by atoms with E-state index in [2.05, 4.69) is 0 Å². The van der Waals surface area contributed by atoms with E-state index in [0.29, 0.717) is 25.1 Å². The predicted molar refractivity (Wildman–Crippen MR) is 83.8 cm³/mol. The summed E-state index contributed by atoms with van der Waals surface area (Å²) in [6, 6.07) is 6.16. The summed E-state index contributed by atoms with van der Waals surface area (Å²) < 4.78 is 27.1. The summed E-state index contributed by atoms with van der Waals surface area (Å²) in [4.78, 5) is 12.2. The lowest BCUT2D eigenvalue weighted by Gasteiger charge is -2.26. The maximum Gasteiger partial charge on any atom is 0.335 e. The van der Waals surface area contributed by atoms with Gasteiger partial charge in [0.25, 0.3) is 0 Å². The summed E-state index contributed by atoms with van der Waals surface area (Å²) in [7, 11) is -3.61. The number of hydrogen-bond acceptors (Lipinski definition) is 4. The number of thiophene rings is 1. The van der Waals surface area contributed by atoms with Gasteiger partial charge < -0.3 is 5.11 Å². The number of carbonyl (C=O) groups is 1. The number of sulfonamides is 1. The van der Waals surface area contributed by atoms with Crippen LogP contribution in [-0.4, -0.2) is 30.3 Å². The second-order valence-corrected chi connectivity index (χ2v) is 8.15. The summed E-state index contributed by atoms with van der Waals surface area (Å²) in [5, 5.41) is 11.0. The maximum absolute atomic E-state index is 12.8. The molecule has 0 fully saturated rings. The monoisotopic (exact) mass is 337 g/mol. The van der Waals surface area contributed by atoms with Gasteiger partial charge in [-0.2, -0.15) is 4.31 Å². The van der Waals surface area contributed by atoms with Crippen LogP contribution in [0.2, 0.25) is 0 Å². The molecule has 1 aliphatic heterocycles. The highest BCUT2D eigenvalue weighted by molar-refractivity contribution is 7.89. The minimum atomic E-state index is -3.61. The molecular formula is C15H15NO4S2. The molecule has 116 valence electrons. The molecule has 0 bridgehead atoms. The van der Waals surface area contributed by atoms with Crippen LogP contribution < -0.4 is 0 Å². The summed E-state index contributed by atoms with van der Waals surface area (Å²) in [6.45, 7) is 2.46. The number of hydrogen-bond donors (Lipinski definition) is 1. The molecule has 0 saturated heterocycles. The lowest BCUT2D eigenvalue weighted by molar-refractivity contribution is 0.0696. The number of carboxylic acids is 1. The Balaban J connectivity index is 1.96. The SMILES string of the molecule is Cc1cc(C(=O)O)ccc1S(=O)(=O)N1CCc2ccsc2C1. The van der Waals surface area contributed by atoms with E-state index in [0.717, 1.165) is 4.88 Å². The van der Waals surface area contributed by atoms with Gasteiger partial charge in [-0.3, -0.25) is 0 Å². The first-order valence-electron chi connectivity index (χ1n) is 6.79. The molecule has 7 heteroatoms. The topological polar surface area (TPSA) is 74.7 Å². The number of nitrogens with zero attached hydrogens (tertiary/aromatic N) is 1. The lowest BCUT2D eigenvalue weighted by Crippen LogP contribution is -2.35. The first-order valence-corrected chi connectivity index (χ1v) is 9.11. The molecule has 1 aromatic carbocycles. The number of carboxylic acid groups (broad SMARTS) is 1. The minimum Gasteiger partial charge on any atom is -0.478 e. The molecule has 3 rings (SSSR count). The summed E-state index contributed by atoms with van der Waals surface area (Å²) in [5.74, 6) is -1.06. The Morgan fingerprint density at radius 1 is 1.32 bits per heavy atom. The molecule has 0 aliphatic carbocycles. The highest BCUT2D eigenvalue weighted by Gasteiger charge is 2.30. The van der Waals surface area contributed by atoms with Gasteiger partial charge in [0, 0.05) is 18.0 Å². The summed E-state index contributed by atoms with van der Waals surface area (Å²) in [6.07, 6.45) is 0.713. The van der Waals surface area contributed by atoms with Crippen molar-refractivity contribution in [2.45, 2.75) is 24.8 Å². The average molecular weight is 337 g/mol. The van der Waals surface area contributed by atoms with Gasteiger partial charge in [0.15, 0.2) is 0 Å². The molecule has 0 amide bonds. The minimum absolute atomic E-state index is 0.0932. The zero-order chi connectivity index (χ0) is 15.9. The van der Waals surface area contributed by atoms with Crippen LogP contribution in [0.1, 0.15) is 26.4 Å². The van der Waals surface area contributed by atoms with Crippen LogP contribution >= 0.6 is 11.3 Å². The van der Waals surface area contributed by atoms with Crippen molar-refractivity contribution in [1.29, 1.82) is 0 Å². The fourth-order valence-electron chi connectivity index (χ4n) is 2.63. The van der Waals surface area contributed by atoms with E-state index < -0.39 is 16.0 Å². The first kappa shape index (κ1) is 15.2. The van der Waals surface area contributed by atoms with E-state index in [1.807, 2.05) is 11.4 Å². The van der Waals surface area contributed by atoms with Crippen LogP contribution in [0.3, 0.4) is 0 Å². The zero-order valence-electron chi connectivity index (χ0n) is 11.9. The molecule has 0 unspecified atom stereocenters. The van der Waals surface area contributed by atoms with Crippen LogP contribution in [0, 0.1) is 6.92 Å². The molecule has 22 heavy (non-hydrogen) atoms. The molecule has 0 radical (unpaired) electrons. The van der Waals surface area contributed by atoms with E-state index >= 15 is 0 Å². The van der Waals surface area contributed by atoms with E-state index in [-0.39, 0.29) is 10.5 Å². The van der Waals surface area contributed by atoms with Gasteiger partial charge in [0.05, 0.1) is 10.5 Å². The third-order valence-corrected chi connectivity index (χ3v) is 6.78. The highest BCUT2D eigenvalue weighted by Crippen LogP contribution is 2.29. The molecule has 2 heterocycles. The number of aromatic carboxylic acids is 1. The fraction of sp³-hybridized carbons (Fsp3) is 0.267. The molecule has 0 saturated carbocycles. The van der Waals surface area contributed by atoms with Crippen molar-refractivity contribution in [3.63, 3.8) is 0 Å². The van der Waals surface area contributed by atoms with Crippen molar-refractivity contribution in [2.75, 3.05) is 6.54 Å². The Hall–Kier alpha value is -1.70. The van der Waals surface area contributed by atoms with Gasteiger partial charge in [-0.25, -0.2) is 13.2 Å². The van der Waals surface area contributed by atoms with Crippen molar-refractivity contribution < 1.29 is 18.3 Å². The van der Waals surface area contributed by atoms with Crippen molar-refractivity contribution in [2.24, 2.45) is 0 Å². The second-order valence-electron chi connectivity index (χ2n) is 5.24.